The quantitative estimate of drug-likeness (QED) is 0.429. The number of ether oxygens (including phenoxy) is 1. The van der Waals surface area contributed by atoms with E-state index in [1.807, 2.05) is 7.11 Å². The summed E-state index contributed by atoms with van der Waals surface area (Å²) in [7, 11) is 8.58. The predicted octanol–water partition coefficient (Wildman–Crippen LogP) is 4.20. The molecular formula is C22H49N3O. The zero-order valence-electron chi connectivity index (χ0n) is 19.6. The minimum absolute atomic E-state index is 0.440. The monoisotopic (exact) mass is 371 g/mol. The number of rotatable bonds is 15. The average Bonchev–Trinajstić information content (AvgIpc) is 2.61. The van der Waals surface area contributed by atoms with Crippen molar-refractivity contribution in [2.45, 2.75) is 91.4 Å². The Morgan fingerprint density at radius 1 is 0.808 bits per heavy atom. The molecule has 0 bridgehead atoms. The minimum Gasteiger partial charge on any atom is -0.383 e. The fraction of sp³-hybridized carbons (Fsp3) is 1.00. The van der Waals surface area contributed by atoms with E-state index in [0.29, 0.717) is 24.2 Å². The Hall–Kier alpha value is -0.160. The van der Waals surface area contributed by atoms with E-state index in [-0.39, 0.29) is 0 Å². The number of hydrogen-bond donors (Lipinski definition) is 0. The molecule has 0 spiro atoms. The molecule has 4 nitrogen and oxygen atoms in total. The molecule has 0 heterocycles. The van der Waals surface area contributed by atoms with Crippen molar-refractivity contribution in [1.82, 2.24) is 14.7 Å². The van der Waals surface area contributed by atoms with Crippen LogP contribution in [-0.4, -0.2) is 86.8 Å². The largest absolute Gasteiger partial charge is 0.383 e. The van der Waals surface area contributed by atoms with Crippen LogP contribution < -0.4 is 0 Å². The third-order valence-corrected chi connectivity index (χ3v) is 6.44. The molecule has 0 fully saturated rings. The van der Waals surface area contributed by atoms with Crippen LogP contribution in [-0.2, 0) is 4.74 Å². The van der Waals surface area contributed by atoms with E-state index < -0.39 is 0 Å². The zero-order valence-corrected chi connectivity index (χ0v) is 19.6. The van der Waals surface area contributed by atoms with Gasteiger partial charge < -0.3 is 14.5 Å². The Morgan fingerprint density at radius 3 is 1.92 bits per heavy atom. The fourth-order valence-electron chi connectivity index (χ4n) is 3.17. The molecule has 0 aliphatic carbocycles. The molecule has 0 saturated carbocycles. The van der Waals surface area contributed by atoms with Gasteiger partial charge in [-0.2, -0.15) is 0 Å². The third-order valence-electron chi connectivity index (χ3n) is 6.44. The maximum Gasteiger partial charge on any atom is 0.0630 e. The molecule has 0 aromatic carbocycles. The van der Waals surface area contributed by atoms with Crippen molar-refractivity contribution in [1.29, 1.82) is 0 Å². The van der Waals surface area contributed by atoms with Crippen LogP contribution in [0.4, 0.5) is 0 Å². The molecule has 0 rings (SSSR count). The van der Waals surface area contributed by atoms with Crippen LogP contribution in [0, 0.1) is 5.92 Å². The number of likely N-dealkylation sites (N-methyl/N-ethyl adjacent to an activating group) is 2. The minimum atomic E-state index is 0.440. The highest BCUT2D eigenvalue weighted by Gasteiger charge is 2.23. The topological polar surface area (TPSA) is 19.0 Å². The molecule has 0 radical (unpaired) electrons. The van der Waals surface area contributed by atoms with Crippen molar-refractivity contribution in [3.8, 4) is 0 Å². The Labute approximate surface area is 165 Å². The van der Waals surface area contributed by atoms with Crippen molar-refractivity contribution in [3.05, 3.63) is 0 Å². The normalized spacial score (nSPS) is 17.3. The van der Waals surface area contributed by atoms with Gasteiger partial charge in [-0.3, -0.25) is 4.90 Å². The van der Waals surface area contributed by atoms with Crippen molar-refractivity contribution >= 4 is 0 Å². The van der Waals surface area contributed by atoms with Crippen LogP contribution in [0.5, 0.6) is 0 Å². The van der Waals surface area contributed by atoms with Crippen LogP contribution in [0.1, 0.15) is 67.2 Å². The van der Waals surface area contributed by atoms with Crippen LogP contribution >= 0.6 is 0 Å². The second-order valence-electron chi connectivity index (χ2n) is 8.87. The first-order valence-corrected chi connectivity index (χ1v) is 10.7. The number of methoxy groups -OCH3 is 1. The lowest BCUT2D eigenvalue weighted by molar-refractivity contribution is 0.0507. The highest BCUT2D eigenvalue weighted by Crippen LogP contribution is 2.16. The smallest absolute Gasteiger partial charge is 0.0630 e. The molecule has 158 valence electrons. The SMILES string of the molecule is CC[C@@H](C)CC[C@H](C)N(C)C[C@H](COC)N(C)C(C)CCN(C)C(C)C. The van der Waals surface area contributed by atoms with Crippen LogP contribution in [0.2, 0.25) is 0 Å². The Kier molecular flexibility index (Phi) is 13.8. The Morgan fingerprint density at radius 2 is 1.42 bits per heavy atom. The fourth-order valence-corrected chi connectivity index (χ4v) is 3.17. The zero-order chi connectivity index (χ0) is 20.3. The van der Waals surface area contributed by atoms with Gasteiger partial charge in [-0.15, -0.1) is 0 Å². The molecule has 1 unspecified atom stereocenters. The van der Waals surface area contributed by atoms with E-state index in [1.54, 1.807) is 0 Å². The Bertz CT molecular complexity index is 337. The molecule has 26 heavy (non-hydrogen) atoms. The van der Waals surface area contributed by atoms with Crippen LogP contribution in [0.15, 0.2) is 0 Å². The lowest BCUT2D eigenvalue weighted by Crippen LogP contribution is -2.49. The summed E-state index contributed by atoms with van der Waals surface area (Å²) in [6, 6.07) is 2.23. The molecule has 4 atom stereocenters. The van der Waals surface area contributed by atoms with E-state index in [9.17, 15) is 0 Å². The highest BCUT2D eigenvalue weighted by molar-refractivity contribution is 4.79. The molecule has 0 aliphatic heterocycles. The maximum absolute atomic E-state index is 5.56. The van der Waals surface area contributed by atoms with Gasteiger partial charge in [0.1, 0.15) is 0 Å². The molecule has 0 aromatic heterocycles. The van der Waals surface area contributed by atoms with Gasteiger partial charge in [0, 0.05) is 37.8 Å². The van der Waals surface area contributed by atoms with E-state index in [2.05, 4.69) is 77.4 Å². The number of hydrogen-bond acceptors (Lipinski definition) is 4. The lowest BCUT2D eigenvalue weighted by atomic mass is 9.99. The summed E-state index contributed by atoms with van der Waals surface area (Å²) in [5.74, 6) is 0.835. The van der Waals surface area contributed by atoms with Gasteiger partial charge in [0.2, 0.25) is 0 Å². The molecular weight excluding hydrogens is 322 g/mol. The first-order chi connectivity index (χ1) is 12.1. The van der Waals surface area contributed by atoms with Crippen LogP contribution in [0.3, 0.4) is 0 Å². The van der Waals surface area contributed by atoms with Gasteiger partial charge >= 0.3 is 0 Å². The second-order valence-corrected chi connectivity index (χ2v) is 8.87. The standard InChI is InChI=1S/C22H49N3O/c1-11-19(4)12-13-20(5)24(8)16-22(17-26-10)25(9)21(6)14-15-23(7)18(2)3/h18-22H,11-17H2,1-10H3/t19-,20+,21?,22-/m1/s1. The van der Waals surface area contributed by atoms with Gasteiger partial charge in [0.15, 0.2) is 0 Å². The van der Waals surface area contributed by atoms with Gasteiger partial charge in [-0.05, 0) is 80.6 Å². The van der Waals surface area contributed by atoms with E-state index in [1.165, 1.54) is 25.7 Å². The van der Waals surface area contributed by atoms with E-state index in [0.717, 1.165) is 25.6 Å². The summed E-state index contributed by atoms with van der Waals surface area (Å²) >= 11 is 0. The molecule has 0 aromatic rings. The first kappa shape index (κ1) is 25.8. The van der Waals surface area contributed by atoms with Crippen molar-refractivity contribution < 1.29 is 4.74 Å². The summed E-state index contributed by atoms with van der Waals surface area (Å²) in [6.07, 6.45) is 5.08. The van der Waals surface area contributed by atoms with Gasteiger partial charge in [0.05, 0.1) is 6.61 Å². The second kappa shape index (κ2) is 13.9. The molecule has 0 aliphatic rings. The first-order valence-electron chi connectivity index (χ1n) is 10.7. The molecule has 0 saturated heterocycles. The predicted molar refractivity (Wildman–Crippen MR) is 116 cm³/mol. The van der Waals surface area contributed by atoms with Crippen LogP contribution in [0.25, 0.3) is 0 Å². The summed E-state index contributed by atoms with van der Waals surface area (Å²) in [5, 5.41) is 0. The van der Waals surface area contributed by atoms with Gasteiger partial charge in [-0.25, -0.2) is 0 Å². The number of nitrogens with zero attached hydrogens (tertiary/aromatic N) is 3. The van der Waals surface area contributed by atoms with Gasteiger partial charge in [-0.1, -0.05) is 20.3 Å². The van der Waals surface area contributed by atoms with Gasteiger partial charge in [0.25, 0.3) is 0 Å². The van der Waals surface area contributed by atoms with E-state index >= 15 is 0 Å². The summed E-state index contributed by atoms with van der Waals surface area (Å²) in [6.45, 7) is 16.9. The molecule has 4 heteroatoms. The summed E-state index contributed by atoms with van der Waals surface area (Å²) < 4.78 is 5.56. The lowest BCUT2D eigenvalue weighted by Gasteiger charge is -2.37. The summed E-state index contributed by atoms with van der Waals surface area (Å²) in [4.78, 5) is 7.48. The maximum atomic E-state index is 5.56. The average molecular weight is 372 g/mol. The van der Waals surface area contributed by atoms with Crippen molar-refractivity contribution in [2.24, 2.45) is 5.92 Å². The van der Waals surface area contributed by atoms with Crippen molar-refractivity contribution in [3.63, 3.8) is 0 Å². The Balaban J connectivity index is 4.58. The highest BCUT2D eigenvalue weighted by atomic mass is 16.5. The van der Waals surface area contributed by atoms with Crippen molar-refractivity contribution in [2.75, 3.05) is 47.9 Å². The van der Waals surface area contributed by atoms with E-state index in [4.69, 9.17) is 4.74 Å². The molecule has 0 amide bonds. The third kappa shape index (κ3) is 10.2. The summed E-state index contributed by atoms with van der Waals surface area (Å²) in [5.41, 5.74) is 0. The molecule has 0 N–H and O–H groups in total.